The van der Waals surface area contributed by atoms with Gasteiger partial charge < -0.3 is 15.2 Å². The second kappa shape index (κ2) is 6.33. The van der Waals surface area contributed by atoms with Gasteiger partial charge in [-0.05, 0) is 48.0 Å². The summed E-state index contributed by atoms with van der Waals surface area (Å²) in [5, 5.41) is 14.3. The number of anilines is 1. The molecule has 1 unspecified atom stereocenters. The summed E-state index contributed by atoms with van der Waals surface area (Å²) in [6.45, 7) is 0.294. The van der Waals surface area contributed by atoms with Crippen LogP contribution in [0.4, 0.5) is 14.9 Å². The van der Waals surface area contributed by atoms with Crippen LogP contribution < -0.4 is 10.6 Å². The monoisotopic (exact) mass is 347 g/mol. The van der Waals surface area contributed by atoms with E-state index >= 15 is 0 Å². The van der Waals surface area contributed by atoms with Crippen LogP contribution in [-0.2, 0) is 0 Å². The lowest BCUT2D eigenvalue weighted by atomic mass is 10.0. The highest BCUT2D eigenvalue weighted by Gasteiger charge is 2.29. The van der Waals surface area contributed by atoms with Gasteiger partial charge in [-0.15, -0.1) is 0 Å². The van der Waals surface area contributed by atoms with Crippen molar-refractivity contribution in [1.29, 1.82) is 5.26 Å². The molecule has 128 valence electrons. The van der Waals surface area contributed by atoms with Crippen LogP contribution in [0.3, 0.4) is 0 Å². The van der Waals surface area contributed by atoms with Gasteiger partial charge in [0.2, 0.25) is 0 Å². The van der Waals surface area contributed by atoms with Gasteiger partial charge in [-0.3, -0.25) is 0 Å². The Morgan fingerprint density at radius 2 is 2.08 bits per heavy atom. The topological polar surface area (TPSA) is 82.7 Å². The lowest BCUT2D eigenvalue weighted by Gasteiger charge is -2.16. The van der Waals surface area contributed by atoms with Gasteiger partial charge in [0.1, 0.15) is 5.82 Å². The molecule has 0 spiro atoms. The molecule has 6 nitrogen and oxygen atoms in total. The van der Waals surface area contributed by atoms with Crippen LogP contribution in [0.2, 0.25) is 0 Å². The number of carbonyl (C=O) groups is 1. The number of hydrogen-bond donors (Lipinski definition) is 2. The minimum absolute atomic E-state index is 0.218. The van der Waals surface area contributed by atoms with E-state index < -0.39 is 0 Å². The number of imidazole rings is 1. The van der Waals surface area contributed by atoms with Gasteiger partial charge in [0.25, 0.3) is 0 Å². The van der Waals surface area contributed by atoms with Crippen molar-refractivity contribution in [2.24, 2.45) is 0 Å². The Morgan fingerprint density at radius 1 is 1.27 bits per heavy atom. The lowest BCUT2D eigenvalue weighted by molar-refractivity contribution is 0.251. The van der Waals surface area contributed by atoms with E-state index in [9.17, 15) is 9.18 Å². The molecule has 26 heavy (non-hydrogen) atoms. The number of halogens is 1. The number of nitrogens with one attached hydrogen (secondary N) is 2. The Kier molecular flexibility index (Phi) is 3.86. The van der Waals surface area contributed by atoms with Crippen LogP contribution in [0, 0.1) is 17.1 Å². The van der Waals surface area contributed by atoms with Crippen LogP contribution in [0.25, 0.3) is 11.3 Å². The molecule has 0 fully saturated rings. The van der Waals surface area contributed by atoms with E-state index in [-0.39, 0.29) is 17.9 Å². The van der Waals surface area contributed by atoms with E-state index in [4.69, 9.17) is 5.26 Å². The first-order chi connectivity index (χ1) is 12.7. The zero-order chi connectivity index (χ0) is 18.1. The quantitative estimate of drug-likeness (QED) is 0.763. The Labute approximate surface area is 148 Å². The number of benzene rings is 2. The minimum Gasteiger partial charge on any atom is -0.335 e. The number of aromatic nitrogens is 2. The lowest BCUT2D eigenvalue weighted by Crippen LogP contribution is -2.33. The summed E-state index contributed by atoms with van der Waals surface area (Å²) in [4.78, 5) is 16.3. The molecule has 3 aromatic rings. The van der Waals surface area contributed by atoms with Gasteiger partial charge in [0, 0.05) is 17.8 Å². The fourth-order valence-electron chi connectivity index (χ4n) is 3.16. The number of nitrogens with zero attached hydrogens (tertiary/aromatic N) is 3. The normalized spacial score (nSPS) is 14.2. The maximum absolute atomic E-state index is 13.7. The predicted molar refractivity (Wildman–Crippen MR) is 93.9 cm³/mol. The molecule has 2 N–H and O–H groups in total. The Morgan fingerprint density at radius 3 is 2.85 bits per heavy atom. The molecule has 2 amide bonds. The highest BCUT2D eigenvalue weighted by Crippen LogP contribution is 2.39. The third-order valence-corrected chi connectivity index (χ3v) is 4.38. The maximum atomic E-state index is 13.7. The molecule has 0 radical (unpaired) electrons. The van der Waals surface area contributed by atoms with Gasteiger partial charge in [-0.2, -0.15) is 5.26 Å². The Hall–Kier alpha value is -3.66. The summed E-state index contributed by atoms with van der Waals surface area (Å²) in [5.74, 6) is -0.311. The number of fused-ring (bicyclic) bond motifs is 3. The Balaban J connectivity index is 1.47. The summed E-state index contributed by atoms with van der Waals surface area (Å²) >= 11 is 0. The van der Waals surface area contributed by atoms with Crippen molar-refractivity contribution < 1.29 is 9.18 Å². The fraction of sp³-hybridized carbons (Fsp3) is 0.105. The van der Waals surface area contributed by atoms with E-state index in [1.165, 1.54) is 12.1 Å². The van der Waals surface area contributed by atoms with E-state index in [2.05, 4.69) is 15.6 Å². The van der Waals surface area contributed by atoms with Crippen molar-refractivity contribution in [3.63, 3.8) is 0 Å². The molecule has 7 heteroatoms. The molecule has 0 saturated carbocycles. The predicted octanol–water partition coefficient (Wildman–Crippen LogP) is 3.29. The summed E-state index contributed by atoms with van der Waals surface area (Å²) in [5.41, 5.74) is 3.75. The standard InChI is InChI=1S/C19H14FN5O/c20-13-3-6-15-16(7-13)18(25-11-22-9-17(15)25)10-23-19(26)24-14-4-1-12(8-21)2-5-14/h1-7,9,11,18H,10H2,(H2,23,24,26). The molecule has 1 aliphatic heterocycles. The molecular weight excluding hydrogens is 333 g/mol. The number of carbonyl (C=O) groups excluding carboxylic acids is 1. The van der Waals surface area contributed by atoms with E-state index in [1.54, 1.807) is 42.9 Å². The van der Waals surface area contributed by atoms with Gasteiger partial charge in [-0.25, -0.2) is 14.2 Å². The largest absolute Gasteiger partial charge is 0.335 e. The van der Waals surface area contributed by atoms with E-state index in [0.29, 0.717) is 17.8 Å². The SMILES string of the molecule is N#Cc1ccc(NC(=O)NCC2c3cc(F)ccc3-c3cncn32)cc1. The smallest absolute Gasteiger partial charge is 0.319 e. The number of urea groups is 1. The maximum Gasteiger partial charge on any atom is 0.319 e. The first kappa shape index (κ1) is 15.8. The fourth-order valence-corrected chi connectivity index (χ4v) is 3.16. The van der Waals surface area contributed by atoms with Gasteiger partial charge in [-0.1, -0.05) is 0 Å². The number of nitriles is 1. The van der Waals surface area contributed by atoms with Crippen LogP contribution in [0.5, 0.6) is 0 Å². The van der Waals surface area contributed by atoms with Gasteiger partial charge in [0.05, 0.1) is 35.9 Å². The highest BCUT2D eigenvalue weighted by molar-refractivity contribution is 5.89. The summed E-state index contributed by atoms with van der Waals surface area (Å²) < 4.78 is 15.6. The molecule has 2 aromatic carbocycles. The van der Waals surface area contributed by atoms with E-state index in [1.807, 2.05) is 10.6 Å². The van der Waals surface area contributed by atoms with Gasteiger partial charge >= 0.3 is 6.03 Å². The molecule has 0 saturated heterocycles. The third kappa shape index (κ3) is 2.78. The minimum atomic E-state index is -0.374. The highest BCUT2D eigenvalue weighted by atomic mass is 19.1. The van der Waals surface area contributed by atoms with Crippen molar-refractivity contribution in [3.8, 4) is 17.3 Å². The van der Waals surface area contributed by atoms with Crippen LogP contribution in [-0.4, -0.2) is 22.1 Å². The molecule has 4 rings (SSSR count). The van der Waals surface area contributed by atoms with Crippen molar-refractivity contribution in [1.82, 2.24) is 14.9 Å². The number of rotatable bonds is 3. The van der Waals surface area contributed by atoms with Crippen LogP contribution in [0.1, 0.15) is 17.2 Å². The molecule has 1 aromatic heterocycles. The molecule has 2 heterocycles. The summed E-state index contributed by atoms with van der Waals surface area (Å²) in [6, 6.07) is 12.7. The van der Waals surface area contributed by atoms with Crippen molar-refractivity contribution in [2.45, 2.75) is 6.04 Å². The van der Waals surface area contributed by atoms with Crippen molar-refractivity contribution in [3.05, 3.63) is 71.9 Å². The second-order valence-electron chi connectivity index (χ2n) is 5.96. The molecule has 1 aliphatic rings. The Bertz CT molecular complexity index is 1020. The first-order valence-corrected chi connectivity index (χ1v) is 8.02. The molecule has 0 bridgehead atoms. The average molecular weight is 347 g/mol. The van der Waals surface area contributed by atoms with Crippen molar-refractivity contribution >= 4 is 11.7 Å². The zero-order valence-corrected chi connectivity index (χ0v) is 13.6. The van der Waals surface area contributed by atoms with Crippen LogP contribution >= 0.6 is 0 Å². The second-order valence-corrected chi connectivity index (χ2v) is 5.96. The average Bonchev–Trinajstić information content (AvgIpc) is 3.21. The first-order valence-electron chi connectivity index (χ1n) is 8.02. The molecular formula is C19H14FN5O. The number of amides is 2. The molecule has 1 atom stereocenters. The summed E-state index contributed by atoms with van der Waals surface area (Å²) in [6.07, 6.45) is 3.41. The third-order valence-electron chi connectivity index (χ3n) is 4.38. The van der Waals surface area contributed by atoms with Crippen LogP contribution in [0.15, 0.2) is 55.0 Å². The molecule has 0 aliphatic carbocycles. The number of hydrogen-bond acceptors (Lipinski definition) is 3. The van der Waals surface area contributed by atoms with E-state index in [0.717, 1.165) is 16.8 Å². The van der Waals surface area contributed by atoms with Crippen molar-refractivity contribution in [2.75, 3.05) is 11.9 Å². The summed E-state index contributed by atoms with van der Waals surface area (Å²) in [7, 11) is 0. The van der Waals surface area contributed by atoms with Gasteiger partial charge in [0.15, 0.2) is 0 Å². The zero-order valence-electron chi connectivity index (χ0n) is 13.6.